The molecule has 3 rings (SSSR count). The first-order chi connectivity index (χ1) is 15.1. The second-order valence-electron chi connectivity index (χ2n) is 6.77. The summed E-state index contributed by atoms with van der Waals surface area (Å²) in [7, 11) is 5.96. The first-order valence-corrected chi connectivity index (χ1v) is 10.2. The van der Waals surface area contributed by atoms with Gasteiger partial charge in [0, 0.05) is 36.9 Å². The standard InChI is InChI=1S/C23H26N3O4P/c1-5-17-10-16(2)11-18(12-17)26(31)23-19-13-21(29-8-6-27-3)22(30-9-7-28-4)14-20(19)24-15-25-23/h1,10-15H,6-9,31H2,2-4H3. The van der Waals surface area contributed by atoms with E-state index in [-0.39, 0.29) is 0 Å². The second-order valence-corrected chi connectivity index (χ2v) is 7.28. The number of aryl methyl sites for hydroxylation is 1. The summed E-state index contributed by atoms with van der Waals surface area (Å²) in [5, 5.41) is 0.813. The molecule has 0 bridgehead atoms. The van der Waals surface area contributed by atoms with Crippen molar-refractivity contribution in [2.45, 2.75) is 6.92 Å². The van der Waals surface area contributed by atoms with Crippen LogP contribution in [0.15, 0.2) is 36.7 Å². The van der Waals surface area contributed by atoms with E-state index in [0.29, 0.717) is 43.7 Å². The van der Waals surface area contributed by atoms with E-state index in [1.165, 1.54) is 6.33 Å². The lowest BCUT2D eigenvalue weighted by Crippen LogP contribution is -2.09. The van der Waals surface area contributed by atoms with Crippen LogP contribution in [0.4, 0.5) is 11.5 Å². The van der Waals surface area contributed by atoms with Crippen LogP contribution in [0.1, 0.15) is 11.1 Å². The number of rotatable bonds is 10. The van der Waals surface area contributed by atoms with E-state index in [0.717, 1.165) is 27.7 Å². The highest BCUT2D eigenvalue weighted by atomic mass is 31.0. The van der Waals surface area contributed by atoms with Crippen LogP contribution in [-0.4, -0.2) is 50.6 Å². The van der Waals surface area contributed by atoms with Crippen molar-refractivity contribution in [3.63, 3.8) is 0 Å². The molecule has 8 heteroatoms. The van der Waals surface area contributed by atoms with Crippen molar-refractivity contribution >= 4 is 31.8 Å². The topological polar surface area (TPSA) is 65.9 Å². The van der Waals surface area contributed by atoms with Crippen LogP contribution in [0.3, 0.4) is 0 Å². The maximum Gasteiger partial charge on any atom is 0.163 e. The lowest BCUT2D eigenvalue weighted by atomic mass is 10.1. The Hall–Kier alpha value is -2.91. The van der Waals surface area contributed by atoms with Crippen molar-refractivity contribution in [2.75, 3.05) is 45.3 Å². The molecule has 0 saturated carbocycles. The minimum Gasteiger partial charge on any atom is -0.487 e. The molecule has 2 aromatic carbocycles. The van der Waals surface area contributed by atoms with E-state index >= 15 is 0 Å². The minimum absolute atomic E-state index is 0.389. The third kappa shape index (κ3) is 5.62. The number of anilines is 2. The van der Waals surface area contributed by atoms with E-state index in [9.17, 15) is 0 Å². The van der Waals surface area contributed by atoms with Crippen LogP contribution >= 0.6 is 9.39 Å². The van der Waals surface area contributed by atoms with Gasteiger partial charge in [-0.2, -0.15) is 0 Å². The molecule has 0 spiro atoms. The van der Waals surface area contributed by atoms with Crippen LogP contribution in [0.2, 0.25) is 0 Å². The molecule has 0 radical (unpaired) electrons. The highest BCUT2D eigenvalue weighted by molar-refractivity contribution is 7.20. The molecule has 1 aromatic heterocycles. The number of aromatic nitrogens is 2. The molecule has 0 fully saturated rings. The molecule has 162 valence electrons. The smallest absolute Gasteiger partial charge is 0.163 e. The highest BCUT2D eigenvalue weighted by Crippen LogP contribution is 2.38. The first kappa shape index (κ1) is 22.8. The number of nitrogens with zero attached hydrogens (tertiary/aromatic N) is 3. The molecule has 0 aliphatic rings. The van der Waals surface area contributed by atoms with Gasteiger partial charge in [0.15, 0.2) is 11.5 Å². The maximum absolute atomic E-state index is 5.91. The number of ether oxygens (including phenoxy) is 4. The zero-order chi connectivity index (χ0) is 22.2. The van der Waals surface area contributed by atoms with Crippen LogP contribution in [0, 0.1) is 19.3 Å². The Morgan fingerprint density at radius 1 is 0.935 bits per heavy atom. The molecule has 3 aromatic rings. The number of terminal acetylenes is 1. The molecule has 0 aliphatic heterocycles. The van der Waals surface area contributed by atoms with Gasteiger partial charge in [-0.05, 0) is 46.1 Å². The summed E-state index contributed by atoms with van der Waals surface area (Å²) in [5.74, 6) is 4.57. The molecule has 1 unspecified atom stereocenters. The van der Waals surface area contributed by atoms with Crippen LogP contribution in [0.25, 0.3) is 10.9 Å². The van der Waals surface area contributed by atoms with E-state index in [2.05, 4.69) is 25.3 Å². The van der Waals surface area contributed by atoms with Crippen molar-refractivity contribution in [1.29, 1.82) is 0 Å². The Balaban J connectivity index is 2.05. The Bertz CT molecular complexity index is 1080. The number of methoxy groups -OCH3 is 2. The average molecular weight is 439 g/mol. The number of hydrogen-bond acceptors (Lipinski definition) is 7. The largest absolute Gasteiger partial charge is 0.487 e. The molecule has 1 atom stereocenters. The summed E-state index contributed by atoms with van der Waals surface area (Å²) >= 11 is 0. The lowest BCUT2D eigenvalue weighted by Gasteiger charge is -2.21. The van der Waals surface area contributed by atoms with Gasteiger partial charge >= 0.3 is 0 Å². The predicted octanol–water partition coefficient (Wildman–Crippen LogP) is 3.90. The van der Waals surface area contributed by atoms with Crippen molar-refractivity contribution in [3.8, 4) is 23.8 Å². The van der Waals surface area contributed by atoms with Gasteiger partial charge in [-0.25, -0.2) is 9.97 Å². The summed E-state index contributed by atoms with van der Waals surface area (Å²) in [4.78, 5) is 8.94. The highest BCUT2D eigenvalue weighted by Gasteiger charge is 2.16. The SMILES string of the molecule is C#Cc1cc(C)cc(N(P)c2ncnc3cc(OCCOC)c(OCCOC)cc23)c1. The summed E-state index contributed by atoms with van der Waals surface area (Å²) in [6.07, 6.45) is 7.14. The van der Waals surface area contributed by atoms with Gasteiger partial charge in [-0.15, -0.1) is 6.42 Å². The molecular formula is C23H26N3O4P. The van der Waals surface area contributed by atoms with Crippen molar-refractivity contribution < 1.29 is 18.9 Å². The number of benzene rings is 2. The van der Waals surface area contributed by atoms with Crippen molar-refractivity contribution in [1.82, 2.24) is 9.97 Å². The zero-order valence-corrected chi connectivity index (χ0v) is 19.1. The monoisotopic (exact) mass is 439 g/mol. The van der Waals surface area contributed by atoms with E-state index < -0.39 is 0 Å². The van der Waals surface area contributed by atoms with E-state index in [4.69, 9.17) is 25.4 Å². The van der Waals surface area contributed by atoms with Gasteiger partial charge in [0.2, 0.25) is 0 Å². The van der Waals surface area contributed by atoms with Gasteiger partial charge in [0.05, 0.1) is 18.7 Å². The van der Waals surface area contributed by atoms with Gasteiger partial charge in [0.1, 0.15) is 25.4 Å². The molecule has 31 heavy (non-hydrogen) atoms. The summed E-state index contributed by atoms with van der Waals surface area (Å²) in [5.41, 5.74) is 3.50. The predicted molar refractivity (Wildman–Crippen MR) is 125 cm³/mol. The molecular weight excluding hydrogens is 413 g/mol. The third-order valence-corrected chi connectivity index (χ3v) is 5.05. The second kappa shape index (κ2) is 10.9. The molecule has 0 N–H and O–H groups in total. The lowest BCUT2D eigenvalue weighted by molar-refractivity contribution is 0.132. The fraction of sp³-hybridized carbons (Fsp3) is 0.304. The average Bonchev–Trinajstić information content (AvgIpc) is 2.78. The molecule has 0 aliphatic carbocycles. The van der Waals surface area contributed by atoms with Gasteiger partial charge in [0.25, 0.3) is 0 Å². The van der Waals surface area contributed by atoms with Crippen molar-refractivity contribution in [3.05, 3.63) is 47.8 Å². The summed E-state index contributed by atoms with van der Waals surface area (Å²) < 4.78 is 23.9. The van der Waals surface area contributed by atoms with E-state index in [1.54, 1.807) is 14.2 Å². The molecule has 1 heterocycles. The van der Waals surface area contributed by atoms with Gasteiger partial charge < -0.3 is 23.6 Å². The van der Waals surface area contributed by atoms with Crippen molar-refractivity contribution in [2.24, 2.45) is 0 Å². The first-order valence-electron chi connectivity index (χ1n) is 9.72. The quantitative estimate of drug-likeness (QED) is 0.270. The van der Waals surface area contributed by atoms with Crippen LogP contribution in [0.5, 0.6) is 11.5 Å². The normalized spacial score (nSPS) is 10.7. The Morgan fingerprint density at radius 2 is 1.61 bits per heavy atom. The van der Waals surface area contributed by atoms with E-state index in [1.807, 2.05) is 41.9 Å². The zero-order valence-electron chi connectivity index (χ0n) is 17.9. The minimum atomic E-state index is 0.389. The Labute approximate surface area is 184 Å². The Kier molecular flexibility index (Phi) is 8.02. The molecule has 0 amide bonds. The summed E-state index contributed by atoms with van der Waals surface area (Å²) in [6.45, 7) is 3.72. The molecule has 0 saturated heterocycles. The molecule has 7 nitrogen and oxygen atoms in total. The van der Waals surface area contributed by atoms with Gasteiger partial charge in [-0.1, -0.05) is 5.92 Å². The number of hydrogen-bond donors (Lipinski definition) is 0. The third-order valence-electron chi connectivity index (χ3n) is 4.50. The fourth-order valence-corrected chi connectivity index (χ4v) is 3.40. The maximum atomic E-state index is 5.91. The fourth-order valence-electron chi connectivity index (χ4n) is 3.05. The number of fused-ring (bicyclic) bond motifs is 1. The van der Waals surface area contributed by atoms with Gasteiger partial charge in [-0.3, -0.25) is 0 Å². The van der Waals surface area contributed by atoms with Crippen LogP contribution in [-0.2, 0) is 9.47 Å². The summed E-state index contributed by atoms with van der Waals surface area (Å²) in [6, 6.07) is 9.68. The Morgan fingerprint density at radius 3 is 2.26 bits per heavy atom. The van der Waals surface area contributed by atoms with Crippen LogP contribution < -0.4 is 14.1 Å².